The van der Waals surface area contributed by atoms with Crippen molar-refractivity contribution in [1.82, 2.24) is 30.2 Å². The second kappa shape index (κ2) is 7.67. The molecule has 3 aromatic heterocycles. The lowest BCUT2D eigenvalue weighted by atomic mass is 10.2. The number of rotatable bonds is 8. The highest BCUT2D eigenvalue weighted by Gasteiger charge is 2.40. The average molecular weight is 383 g/mol. The van der Waals surface area contributed by atoms with Crippen LogP contribution in [0.4, 0.5) is 5.69 Å². The standard InChI is InChI=1S/C18H21N7O3/c1-25-18(26)16(19-7-12-8-21-24-22-12)6-17(23-25)28-10-11-5-14(11)15-4-3-13(27-2)9-20-15/h3-4,6,8-9,11,14,19H,5,7,10H2,1-2H3,(H,21,22,24)/t11-,14+/m1/s1. The van der Waals surface area contributed by atoms with Crippen LogP contribution in [-0.2, 0) is 13.6 Å². The van der Waals surface area contributed by atoms with Gasteiger partial charge in [0.25, 0.3) is 5.56 Å². The summed E-state index contributed by atoms with van der Waals surface area (Å²) in [7, 11) is 3.22. The summed E-state index contributed by atoms with van der Waals surface area (Å²) in [6.45, 7) is 0.898. The monoisotopic (exact) mass is 383 g/mol. The van der Waals surface area contributed by atoms with E-state index in [1.54, 1.807) is 32.6 Å². The summed E-state index contributed by atoms with van der Waals surface area (Å²) in [5, 5.41) is 17.4. The Morgan fingerprint density at radius 1 is 1.39 bits per heavy atom. The van der Waals surface area contributed by atoms with E-state index in [1.165, 1.54) is 4.68 Å². The van der Waals surface area contributed by atoms with E-state index >= 15 is 0 Å². The third-order valence-electron chi connectivity index (χ3n) is 4.71. The summed E-state index contributed by atoms with van der Waals surface area (Å²) in [5.74, 6) is 1.91. The molecule has 10 heteroatoms. The Labute approximate surface area is 160 Å². The molecule has 0 radical (unpaired) electrons. The first-order valence-electron chi connectivity index (χ1n) is 8.94. The topological polar surface area (TPSA) is 120 Å². The number of aryl methyl sites for hydroxylation is 1. The summed E-state index contributed by atoms with van der Waals surface area (Å²) in [6.07, 6.45) is 4.41. The molecule has 3 heterocycles. The summed E-state index contributed by atoms with van der Waals surface area (Å²) < 4.78 is 12.2. The van der Waals surface area contributed by atoms with Crippen LogP contribution in [0.5, 0.6) is 11.6 Å². The average Bonchev–Trinajstić information content (AvgIpc) is 3.30. The molecule has 28 heavy (non-hydrogen) atoms. The molecule has 1 aliphatic rings. The molecule has 146 valence electrons. The van der Waals surface area contributed by atoms with E-state index in [9.17, 15) is 4.79 Å². The molecule has 4 rings (SSSR count). The number of methoxy groups -OCH3 is 1. The van der Waals surface area contributed by atoms with Gasteiger partial charge in [0.1, 0.15) is 17.1 Å². The zero-order valence-corrected chi connectivity index (χ0v) is 15.6. The molecule has 0 unspecified atom stereocenters. The Morgan fingerprint density at radius 2 is 2.29 bits per heavy atom. The molecule has 0 saturated heterocycles. The second-order valence-electron chi connectivity index (χ2n) is 6.68. The van der Waals surface area contributed by atoms with E-state index in [0.717, 1.165) is 17.9 Å². The van der Waals surface area contributed by atoms with E-state index in [2.05, 4.69) is 30.8 Å². The van der Waals surface area contributed by atoms with Crippen LogP contribution in [-0.4, -0.2) is 43.9 Å². The molecule has 2 atom stereocenters. The molecule has 10 nitrogen and oxygen atoms in total. The van der Waals surface area contributed by atoms with Gasteiger partial charge >= 0.3 is 0 Å². The fourth-order valence-electron chi connectivity index (χ4n) is 2.99. The first kappa shape index (κ1) is 18.0. The number of anilines is 1. The van der Waals surface area contributed by atoms with Gasteiger partial charge in [-0.15, -0.1) is 10.2 Å². The van der Waals surface area contributed by atoms with Crippen molar-refractivity contribution in [3.8, 4) is 11.6 Å². The Hall–Kier alpha value is -3.43. The minimum absolute atomic E-state index is 0.234. The smallest absolute Gasteiger partial charge is 0.290 e. The molecule has 3 aromatic rings. The summed E-state index contributed by atoms with van der Waals surface area (Å²) in [5.41, 5.74) is 1.91. The molecule has 0 bridgehead atoms. The van der Waals surface area contributed by atoms with Crippen molar-refractivity contribution in [2.45, 2.75) is 18.9 Å². The molecule has 2 N–H and O–H groups in total. The Kier molecular flexibility index (Phi) is 4.92. The van der Waals surface area contributed by atoms with Crippen LogP contribution in [0.2, 0.25) is 0 Å². The van der Waals surface area contributed by atoms with Crippen LogP contribution in [0.25, 0.3) is 0 Å². The molecule has 1 saturated carbocycles. The van der Waals surface area contributed by atoms with E-state index in [4.69, 9.17) is 9.47 Å². The number of nitrogens with zero attached hydrogens (tertiary/aromatic N) is 5. The number of aromatic nitrogens is 6. The molecule has 0 spiro atoms. The maximum absolute atomic E-state index is 12.2. The molecular formula is C18H21N7O3. The normalized spacial score (nSPS) is 17.9. The van der Waals surface area contributed by atoms with Crippen molar-refractivity contribution in [1.29, 1.82) is 0 Å². The van der Waals surface area contributed by atoms with Gasteiger partial charge in [0, 0.05) is 36.8 Å². The number of nitrogens with one attached hydrogen (secondary N) is 2. The Bertz CT molecular complexity index is 985. The number of pyridine rings is 1. The maximum atomic E-state index is 12.2. The molecule has 1 fully saturated rings. The number of hydrogen-bond acceptors (Lipinski definition) is 8. The first-order chi connectivity index (χ1) is 13.6. The molecule has 0 aliphatic heterocycles. The number of hydrogen-bond donors (Lipinski definition) is 2. The second-order valence-corrected chi connectivity index (χ2v) is 6.68. The zero-order chi connectivity index (χ0) is 19.5. The van der Waals surface area contributed by atoms with Gasteiger partial charge < -0.3 is 14.8 Å². The number of H-pyrrole nitrogens is 1. The molecule has 0 aromatic carbocycles. The van der Waals surface area contributed by atoms with Crippen LogP contribution in [0.15, 0.2) is 35.4 Å². The highest BCUT2D eigenvalue weighted by molar-refractivity contribution is 5.43. The van der Waals surface area contributed by atoms with Gasteiger partial charge in [-0.3, -0.25) is 14.9 Å². The van der Waals surface area contributed by atoms with Crippen LogP contribution in [0, 0.1) is 5.92 Å². The van der Waals surface area contributed by atoms with Crippen LogP contribution < -0.4 is 20.3 Å². The van der Waals surface area contributed by atoms with Crippen molar-refractivity contribution in [3.63, 3.8) is 0 Å². The van der Waals surface area contributed by atoms with Crippen LogP contribution >= 0.6 is 0 Å². The highest BCUT2D eigenvalue weighted by atomic mass is 16.5. The lowest BCUT2D eigenvalue weighted by Gasteiger charge is -2.10. The number of ether oxygens (including phenoxy) is 2. The van der Waals surface area contributed by atoms with Gasteiger partial charge in [0.05, 0.1) is 26.5 Å². The van der Waals surface area contributed by atoms with E-state index in [1.807, 2.05) is 12.1 Å². The van der Waals surface area contributed by atoms with Crippen molar-refractivity contribution in [3.05, 3.63) is 52.3 Å². The lowest BCUT2D eigenvalue weighted by molar-refractivity contribution is 0.278. The van der Waals surface area contributed by atoms with Crippen LogP contribution in [0.1, 0.15) is 23.7 Å². The quantitative estimate of drug-likeness (QED) is 0.593. The van der Waals surface area contributed by atoms with Gasteiger partial charge in [-0.25, -0.2) is 4.68 Å². The first-order valence-corrected chi connectivity index (χ1v) is 8.94. The van der Waals surface area contributed by atoms with Crippen molar-refractivity contribution in [2.24, 2.45) is 13.0 Å². The van der Waals surface area contributed by atoms with E-state index in [0.29, 0.717) is 42.2 Å². The Balaban J connectivity index is 1.36. The minimum Gasteiger partial charge on any atom is -0.495 e. The fourth-order valence-corrected chi connectivity index (χ4v) is 2.99. The van der Waals surface area contributed by atoms with Crippen molar-refractivity contribution in [2.75, 3.05) is 19.0 Å². The molecule has 1 aliphatic carbocycles. The SMILES string of the molecule is COc1ccc([C@H]2C[C@@H]2COc2cc(NCc3c[nH]nn3)c(=O)n(C)n2)nc1. The largest absolute Gasteiger partial charge is 0.495 e. The van der Waals surface area contributed by atoms with Gasteiger partial charge in [0.15, 0.2) is 0 Å². The summed E-state index contributed by atoms with van der Waals surface area (Å²) in [6, 6.07) is 5.52. The van der Waals surface area contributed by atoms with Gasteiger partial charge in [-0.05, 0) is 18.6 Å². The third-order valence-corrected chi connectivity index (χ3v) is 4.71. The van der Waals surface area contributed by atoms with Crippen LogP contribution in [0.3, 0.4) is 0 Å². The van der Waals surface area contributed by atoms with Crippen molar-refractivity contribution < 1.29 is 9.47 Å². The predicted octanol–water partition coefficient (Wildman–Crippen LogP) is 1.10. The van der Waals surface area contributed by atoms with Gasteiger partial charge in [-0.1, -0.05) is 5.21 Å². The molecule has 0 amide bonds. The Morgan fingerprint density at radius 3 is 3.00 bits per heavy atom. The van der Waals surface area contributed by atoms with E-state index < -0.39 is 0 Å². The zero-order valence-electron chi connectivity index (χ0n) is 15.6. The van der Waals surface area contributed by atoms with Crippen molar-refractivity contribution >= 4 is 5.69 Å². The lowest BCUT2D eigenvalue weighted by Crippen LogP contribution is -2.24. The highest BCUT2D eigenvalue weighted by Crippen LogP contribution is 2.46. The summed E-state index contributed by atoms with van der Waals surface area (Å²) in [4.78, 5) is 16.7. The maximum Gasteiger partial charge on any atom is 0.290 e. The number of aromatic amines is 1. The predicted molar refractivity (Wildman–Crippen MR) is 100 cm³/mol. The fraction of sp³-hybridized carbons (Fsp3) is 0.389. The van der Waals surface area contributed by atoms with E-state index in [-0.39, 0.29) is 5.56 Å². The molecular weight excluding hydrogens is 362 g/mol. The minimum atomic E-state index is -0.234. The van der Waals surface area contributed by atoms with Gasteiger partial charge in [0.2, 0.25) is 5.88 Å². The summed E-state index contributed by atoms with van der Waals surface area (Å²) >= 11 is 0. The van der Waals surface area contributed by atoms with Gasteiger partial charge in [-0.2, -0.15) is 0 Å². The third kappa shape index (κ3) is 3.95.